The van der Waals surface area contributed by atoms with Gasteiger partial charge in [0.15, 0.2) is 0 Å². The molecule has 2 heterocycles. The van der Waals surface area contributed by atoms with Gasteiger partial charge in [-0.3, -0.25) is 4.68 Å². The van der Waals surface area contributed by atoms with Gasteiger partial charge in [-0.25, -0.2) is 13.1 Å². The second-order valence-corrected chi connectivity index (χ2v) is 6.34. The summed E-state index contributed by atoms with van der Waals surface area (Å²) in [6.45, 7) is 3.34. The van der Waals surface area contributed by atoms with E-state index >= 15 is 0 Å². The van der Waals surface area contributed by atoms with Crippen molar-refractivity contribution >= 4 is 10.0 Å². The highest BCUT2D eigenvalue weighted by atomic mass is 32.2. The molecule has 0 saturated heterocycles. The number of aryl methyl sites for hydroxylation is 1. The van der Waals surface area contributed by atoms with Crippen LogP contribution in [0.3, 0.4) is 0 Å². The molecular formula is C12H19N5O2S. The van der Waals surface area contributed by atoms with E-state index in [0.717, 1.165) is 11.3 Å². The molecule has 20 heavy (non-hydrogen) atoms. The molecule has 0 fully saturated rings. The van der Waals surface area contributed by atoms with E-state index in [0.29, 0.717) is 19.6 Å². The SMILES string of the molecule is CNCc1cc(S(=O)(=O)NCCn2cc(C)cn2)c[nH]1. The van der Waals surface area contributed by atoms with Crippen LogP contribution in [0.15, 0.2) is 29.6 Å². The highest BCUT2D eigenvalue weighted by Gasteiger charge is 2.15. The molecule has 7 nitrogen and oxygen atoms in total. The van der Waals surface area contributed by atoms with Crippen molar-refractivity contribution in [3.8, 4) is 0 Å². The molecule has 2 aromatic heterocycles. The highest BCUT2D eigenvalue weighted by molar-refractivity contribution is 7.89. The molecule has 0 unspecified atom stereocenters. The van der Waals surface area contributed by atoms with Gasteiger partial charge in [-0.15, -0.1) is 0 Å². The van der Waals surface area contributed by atoms with Gasteiger partial charge in [0.05, 0.1) is 17.6 Å². The van der Waals surface area contributed by atoms with Crippen LogP contribution in [0.2, 0.25) is 0 Å². The molecular weight excluding hydrogens is 278 g/mol. The third-order valence-electron chi connectivity index (χ3n) is 2.79. The van der Waals surface area contributed by atoms with Crippen molar-refractivity contribution in [3.63, 3.8) is 0 Å². The van der Waals surface area contributed by atoms with E-state index in [9.17, 15) is 8.42 Å². The van der Waals surface area contributed by atoms with Crippen molar-refractivity contribution in [1.29, 1.82) is 0 Å². The van der Waals surface area contributed by atoms with Gasteiger partial charge in [0.1, 0.15) is 0 Å². The molecule has 0 spiro atoms. The molecule has 0 aliphatic rings. The first-order valence-corrected chi connectivity index (χ1v) is 7.80. The quantitative estimate of drug-likeness (QED) is 0.681. The Morgan fingerprint density at radius 2 is 2.25 bits per heavy atom. The van der Waals surface area contributed by atoms with Gasteiger partial charge in [-0.1, -0.05) is 0 Å². The molecule has 8 heteroatoms. The summed E-state index contributed by atoms with van der Waals surface area (Å²) < 4.78 is 28.4. The average molecular weight is 297 g/mol. The maximum atomic E-state index is 12.1. The molecule has 0 saturated carbocycles. The van der Waals surface area contributed by atoms with Gasteiger partial charge < -0.3 is 10.3 Å². The highest BCUT2D eigenvalue weighted by Crippen LogP contribution is 2.10. The van der Waals surface area contributed by atoms with E-state index in [4.69, 9.17) is 0 Å². The summed E-state index contributed by atoms with van der Waals surface area (Å²) in [5, 5.41) is 7.06. The lowest BCUT2D eigenvalue weighted by molar-refractivity contribution is 0.561. The summed E-state index contributed by atoms with van der Waals surface area (Å²) >= 11 is 0. The van der Waals surface area contributed by atoms with Gasteiger partial charge in [-0.2, -0.15) is 5.10 Å². The Bertz CT molecular complexity index is 659. The summed E-state index contributed by atoms with van der Waals surface area (Å²) in [7, 11) is -1.67. The van der Waals surface area contributed by atoms with Crippen LogP contribution < -0.4 is 10.0 Å². The first-order chi connectivity index (χ1) is 9.51. The molecule has 110 valence electrons. The largest absolute Gasteiger partial charge is 0.363 e. The van der Waals surface area contributed by atoms with Crippen LogP contribution in [0.4, 0.5) is 0 Å². The number of nitrogens with one attached hydrogen (secondary N) is 3. The van der Waals surface area contributed by atoms with Crippen LogP contribution in [0.5, 0.6) is 0 Å². The zero-order valence-electron chi connectivity index (χ0n) is 11.5. The van der Waals surface area contributed by atoms with Crippen LogP contribution in [-0.2, 0) is 23.1 Å². The number of aromatic amines is 1. The van der Waals surface area contributed by atoms with Crippen molar-refractivity contribution in [2.45, 2.75) is 24.9 Å². The fourth-order valence-corrected chi connectivity index (χ4v) is 2.87. The van der Waals surface area contributed by atoms with Crippen LogP contribution in [0, 0.1) is 6.92 Å². The Balaban J connectivity index is 1.92. The smallest absolute Gasteiger partial charge is 0.242 e. The van der Waals surface area contributed by atoms with E-state index < -0.39 is 10.0 Å². The molecule has 0 amide bonds. The third-order valence-corrected chi connectivity index (χ3v) is 4.23. The predicted octanol–water partition coefficient (Wildman–Crippen LogP) is 0.218. The first kappa shape index (κ1) is 14.8. The van der Waals surface area contributed by atoms with Crippen LogP contribution in [0.1, 0.15) is 11.3 Å². The predicted molar refractivity (Wildman–Crippen MR) is 75.7 cm³/mol. The molecule has 2 rings (SSSR count). The number of rotatable bonds is 7. The van der Waals surface area contributed by atoms with Gasteiger partial charge in [0.25, 0.3) is 0 Å². The average Bonchev–Trinajstić information content (AvgIpc) is 2.99. The van der Waals surface area contributed by atoms with Crippen molar-refractivity contribution in [1.82, 2.24) is 24.8 Å². The minimum absolute atomic E-state index is 0.249. The van der Waals surface area contributed by atoms with E-state index in [2.05, 4.69) is 20.1 Å². The number of sulfonamides is 1. The van der Waals surface area contributed by atoms with Crippen molar-refractivity contribution in [3.05, 3.63) is 35.9 Å². The van der Waals surface area contributed by atoms with Gasteiger partial charge >= 0.3 is 0 Å². The number of hydrogen-bond donors (Lipinski definition) is 3. The van der Waals surface area contributed by atoms with Crippen LogP contribution >= 0.6 is 0 Å². The Hall–Kier alpha value is -1.64. The summed E-state index contributed by atoms with van der Waals surface area (Å²) in [6.07, 6.45) is 5.10. The van der Waals surface area contributed by atoms with Gasteiger partial charge in [0, 0.05) is 31.2 Å². The Kier molecular flexibility index (Phi) is 4.58. The van der Waals surface area contributed by atoms with Gasteiger partial charge in [0.2, 0.25) is 10.0 Å². The number of hydrogen-bond acceptors (Lipinski definition) is 4. The molecule has 0 aliphatic carbocycles. The summed E-state index contributed by atoms with van der Waals surface area (Å²) in [4.78, 5) is 3.17. The summed E-state index contributed by atoms with van der Waals surface area (Å²) in [6, 6.07) is 1.62. The lowest BCUT2D eigenvalue weighted by Gasteiger charge is -2.05. The second-order valence-electron chi connectivity index (χ2n) is 4.57. The maximum absolute atomic E-state index is 12.1. The van der Waals surface area contributed by atoms with E-state index in [-0.39, 0.29) is 4.90 Å². The fraction of sp³-hybridized carbons (Fsp3) is 0.417. The number of H-pyrrole nitrogens is 1. The van der Waals surface area contributed by atoms with E-state index in [1.54, 1.807) is 24.0 Å². The Labute approximate surface area is 118 Å². The lowest BCUT2D eigenvalue weighted by Crippen LogP contribution is -2.27. The summed E-state index contributed by atoms with van der Waals surface area (Å²) in [5.41, 5.74) is 1.88. The monoisotopic (exact) mass is 297 g/mol. The second kappa shape index (κ2) is 6.21. The van der Waals surface area contributed by atoms with Gasteiger partial charge in [-0.05, 0) is 25.6 Å². The minimum Gasteiger partial charge on any atom is -0.363 e. The standard InChI is InChI=1S/C12H19N5O2S/c1-10-6-15-17(9-10)4-3-16-20(18,19)12-5-11(7-13-2)14-8-12/h5-6,8-9,13-14,16H,3-4,7H2,1-2H3. The normalized spacial score (nSPS) is 11.9. The van der Waals surface area contributed by atoms with Crippen molar-refractivity contribution in [2.75, 3.05) is 13.6 Å². The number of nitrogens with zero attached hydrogens (tertiary/aromatic N) is 2. The Morgan fingerprint density at radius 1 is 1.45 bits per heavy atom. The zero-order chi connectivity index (χ0) is 14.6. The topological polar surface area (TPSA) is 91.8 Å². The van der Waals surface area contributed by atoms with Crippen LogP contribution in [-0.4, -0.2) is 36.8 Å². The first-order valence-electron chi connectivity index (χ1n) is 6.32. The summed E-state index contributed by atoms with van der Waals surface area (Å²) in [5.74, 6) is 0. The Morgan fingerprint density at radius 3 is 2.90 bits per heavy atom. The molecule has 0 aliphatic heterocycles. The maximum Gasteiger partial charge on any atom is 0.242 e. The number of aromatic nitrogens is 3. The molecule has 0 bridgehead atoms. The molecule has 0 atom stereocenters. The van der Waals surface area contributed by atoms with Crippen molar-refractivity contribution in [2.24, 2.45) is 0 Å². The fourth-order valence-electron chi connectivity index (χ4n) is 1.83. The third kappa shape index (κ3) is 3.69. The molecule has 2 aromatic rings. The van der Waals surface area contributed by atoms with E-state index in [1.807, 2.05) is 13.1 Å². The van der Waals surface area contributed by atoms with E-state index in [1.165, 1.54) is 6.20 Å². The lowest BCUT2D eigenvalue weighted by atomic mass is 10.4. The molecule has 0 aromatic carbocycles. The van der Waals surface area contributed by atoms with Crippen molar-refractivity contribution < 1.29 is 8.42 Å². The molecule has 3 N–H and O–H groups in total. The van der Waals surface area contributed by atoms with Crippen LogP contribution in [0.25, 0.3) is 0 Å². The molecule has 0 radical (unpaired) electrons. The minimum atomic E-state index is -3.47. The zero-order valence-corrected chi connectivity index (χ0v) is 12.4.